The van der Waals surface area contributed by atoms with Gasteiger partial charge in [-0.3, -0.25) is 9.59 Å². The molecule has 1 aliphatic heterocycles. The van der Waals surface area contributed by atoms with Crippen molar-refractivity contribution in [3.05, 3.63) is 0 Å². The molecule has 0 aromatic carbocycles. The summed E-state index contributed by atoms with van der Waals surface area (Å²) in [5, 5.41) is 3.13. The quantitative estimate of drug-likeness (QED) is 0.660. The smallest absolute Gasteiger partial charge is 0.278 e. The zero-order valence-corrected chi connectivity index (χ0v) is 13.2. The second-order valence-electron chi connectivity index (χ2n) is 6.81. The molecule has 120 valence electrons. The fourth-order valence-corrected chi connectivity index (χ4v) is 3.68. The Morgan fingerprint density at radius 1 is 1.14 bits per heavy atom. The van der Waals surface area contributed by atoms with Crippen LogP contribution in [0.1, 0.15) is 51.9 Å². The standard InChI is InChI=1S/C16H29N3O2/c1-12(19-9-7-14(8-10-19)15(17)20)16(21)18-11-13-5-3-2-4-6-13/h12-14H,2-11H2,1H3,(H2,17,20)(H,18,21)/p+1/t12-/m0/s1. The van der Waals surface area contributed by atoms with Crippen LogP contribution >= 0.6 is 0 Å². The van der Waals surface area contributed by atoms with Crippen molar-refractivity contribution < 1.29 is 14.5 Å². The van der Waals surface area contributed by atoms with Crippen molar-refractivity contribution in [2.75, 3.05) is 19.6 Å². The van der Waals surface area contributed by atoms with Crippen molar-refractivity contribution in [2.45, 2.75) is 57.9 Å². The lowest BCUT2D eigenvalue weighted by Gasteiger charge is -2.31. The normalized spacial score (nSPS) is 28.8. The molecule has 1 saturated heterocycles. The highest BCUT2D eigenvalue weighted by Gasteiger charge is 2.32. The number of piperidine rings is 1. The van der Waals surface area contributed by atoms with Gasteiger partial charge in [-0.15, -0.1) is 0 Å². The zero-order valence-electron chi connectivity index (χ0n) is 13.2. The van der Waals surface area contributed by atoms with E-state index in [1.807, 2.05) is 6.92 Å². The van der Waals surface area contributed by atoms with Gasteiger partial charge in [-0.1, -0.05) is 19.3 Å². The van der Waals surface area contributed by atoms with Crippen molar-refractivity contribution in [1.82, 2.24) is 5.32 Å². The first-order chi connectivity index (χ1) is 10.1. The summed E-state index contributed by atoms with van der Waals surface area (Å²) in [7, 11) is 0. The molecule has 5 heteroatoms. The molecule has 2 aliphatic rings. The largest absolute Gasteiger partial charge is 0.369 e. The Kier molecular flexibility index (Phi) is 6.03. The lowest BCUT2D eigenvalue weighted by molar-refractivity contribution is -0.919. The molecule has 2 amide bonds. The highest BCUT2D eigenvalue weighted by Crippen LogP contribution is 2.22. The number of likely N-dealkylation sites (tertiary alicyclic amines) is 1. The minimum absolute atomic E-state index is 0.00579. The number of primary amides is 1. The van der Waals surface area contributed by atoms with Crippen LogP contribution in [0.25, 0.3) is 0 Å². The maximum absolute atomic E-state index is 12.3. The fraction of sp³-hybridized carbons (Fsp3) is 0.875. The second kappa shape index (κ2) is 7.78. The van der Waals surface area contributed by atoms with E-state index in [9.17, 15) is 9.59 Å². The van der Waals surface area contributed by atoms with Crippen molar-refractivity contribution in [1.29, 1.82) is 0 Å². The first-order valence-electron chi connectivity index (χ1n) is 8.49. The SMILES string of the molecule is C[C@@H](C(=O)NCC1CCCCC1)[NH+]1CCC(C(N)=O)CC1. The maximum atomic E-state index is 12.3. The number of rotatable bonds is 5. The van der Waals surface area contributed by atoms with Crippen molar-refractivity contribution >= 4 is 11.8 Å². The molecule has 2 fully saturated rings. The summed E-state index contributed by atoms with van der Waals surface area (Å²) in [6.07, 6.45) is 8.09. The lowest BCUT2D eigenvalue weighted by Crippen LogP contribution is -3.17. The van der Waals surface area contributed by atoms with E-state index < -0.39 is 0 Å². The van der Waals surface area contributed by atoms with Crippen LogP contribution in [-0.2, 0) is 9.59 Å². The van der Waals surface area contributed by atoms with Gasteiger partial charge in [0.2, 0.25) is 5.91 Å². The Labute approximate surface area is 127 Å². The molecule has 0 aromatic rings. The molecule has 0 spiro atoms. The Balaban J connectivity index is 1.71. The van der Waals surface area contributed by atoms with Crippen molar-refractivity contribution in [3.8, 4) is 0 Å². The van der Waals surface area contributed by atoms with E-state index in [2.05, 4.69) is 5.32 Å². The van der Waals surface area contributed by atoms with E-state index in [0.29, 0.717) is 5.92 Å². The van der Waals surface area contributed by atoms with Gasteiger partial charge in [0.25, 0.3) is 5.91 Å². The minimum atomic E-state index is -0.191. The number of hydrogen-bond acceptors (Lipinski definition) is 2. The Morgan fingerprint density at radius 2 is 1.76 bits per heavy atom. The van der Waals surface area contributed by atoms with E-state index in [1.165, 1.54) is 37.0 Å². The molecule has 0 unspecified atom stereocenters. The van der Waals surface area contributed by atoms with Gasteiger partial charge in [-0.2, -0.15) is 0 Å². The summed E-state index contributed by atoms with van der Waals surface area (Å²) in [4.78, 5) is 24.7. The fourth-order valence-electron chi connectivity index (χ4n) is 3.68. The molecular weight excluding hydrogens is 266 g/mol. The summed E-state index contributed by atoms with van der Waals surface area (Å²) in [5.74, 6) is 0.647. The molecule has 1 heterocycles. The first kappa shape index (κ1) is 16.3. The van der Waals surface area contributed by atoms with Crippen LogP contribution in [0.5, 0.6) is 0 Å². The van der Waals surface area contributed by atoms with Crippen LogP contribution in [0, 0.1) is 11.8 Å². The Hall–Kier alpha value is -1.10. The third-order valence-corrected chi connectivity index (χ3v) is 5.33. The van der Waals surface area contributed by atoms with Gasteiger partial charge in [0.05, 0.1) is 13.1 Å². The predicted octanol–water partition coefficient (Wildman–Crippen LogP) is -0.148. The molecule has 5 nitrogen and oxygen atoms in total. The van der Waals surface area contributed by atoms with Crippen molar-refractivity contribution in [3.63, 3.8) is 0 Å². The average Bonchev–Trinajstić information content (AvgIpc) is 2.53. The van der Waals surface area contributed by atoms with E-state index >= 15 is 0 Å². The summed E-state index contributed by atoms with van der Waals surface area (Å²) in [6.45, 7) is 4.56. The van der Waals surface area contributed by atoms with Gasteiger partial charge in [-0.05, 0) is 25.7 Å². The molecule has 0 radical (unpaired) electrons. The monoisotopic (exact) mass is 296 g/mol. The number of hydrogen-bond donors (Lipinski definition) is 3. The first-order valence-corrected chi connectivity index (χ1v) is 8.49. The maximum Gasteiger partial charge on any atom is 0.278 e. The highest BCUT2D eigenvalue weighted by atomic mass is 16.2. The van der Waals surface area contributed by atoms with Gasteiger partial charge in [-0.25, -0.2) is 0 Å². The number of amides is 2. The number of nitrogens with one attached hydrogen (secondary N) is 2. The zero-order chi connectivity index (χ0) is 15.2. The molecule has 0 aromatic heterocycles. The van der Waals surface area contributed by atoms with Gasteiger partial charge in [0, 0.05) is 25.3 Å². The van der Waals surface area contributed by atoms with Gasteiger partial charge >= 0.3 is 0 Å². The van der Waals surface area contributed by atoms with E-state index in [1.54, 1.807) is 0 Å². The predicted molar refractivity (Wildman–Crippen MR) is 81.7 cm³/mol. The van der Waals surface area contributed by atoms with Crippen LogP contribution in [0.3, 0.4) is 0 Å². The van der Waals surface area contributed by atoms with Crippen LogP contribution in [0.15, 0.2) is 0 Å². The molecular formula is C16H30N3O2+. The highest BCUT2D eigenvalue weighted by molar-refractivity contribution is 5.80. The number of carbonyl (C=O) groups excluding carboxylic acids is 2. The van der Waals surface area contributed by atoms with E-state index in [4.69, 9.17) is 5.73 Å². The van der Waals surface area contributed by atoms with E-state index in [0.717, 1.165) is 32.5 Å². The van der Waals surface area contributed by atoms with Crippen molar-refractivity contribution in [2.24, 2.45) is 17.6 Å². The van der Waals surface area contributed by atoms with Crippen LogP contribution in [0.4, 0.5) is 0 Å². The third kappa shape index (κ3) is 4.70. The molecule has 1 atom stereocenters. The Morgan fingerprint density at radius 3 is 2.33 bits per heavy atom. The lowest BCUT2D eigenvalue weighted by atomic mass is 9.89. The van der Waals surface area contributed by atoms with Gasteiger partial charge in [0.1, 0.15) is 0 Å². The minimum Gasteiger partial charge on any atom is -0.369 e. The second-order valence-corrected chi connectivity index (χ2v) is 6.81. The number of carbonyl (C=O) groups is 2. The molecule has 4 N–H and O–H groups in total. The molecule has 21 heavy (non-hydrogen) atoms. The van der Waals surface area contributed by atoms with Gasteiger partial charge < -0.3 is 16.0 Å². The molecule has 1 saturated carbocycles. The van der Waals surface area contributed by atoms with Crippen LogP contribution < -0.4 is 16.0 Å². The van der Waals surface area contributed by atoms with E-state index in [-0.39, 0.29) is 23.8 Å². The van der Waals surface area contributed by atoms with Crippen LogP contribution in [-0.4, -0.2) is 37.5 Å². The third-order valence-electron chi connectivity index (χ3n) is 5.33. The number of quaternary nitrogens is 1. The number of nitrogens with two attached hydrogens (primary N) is 1. The summed E-state index contributed by atoms with van der Waals surface area (Å²) in [6, 6.07) is -0.0255. The molecule has 2 rings (SSSR count). The Bertz CT molecular complexity index is 359. The van der Waals surface area contributed by atoms with Crippen LogP contribution in [0.2, 0.25) is 0 Å². The molecule has 0 bridgehead atoms. The van der Waals surface area contributed by atoms with Gasteiger partial charge in [0.15, 0.2) is 6.04 Å². The molecule has 1 aliphatic carbocycles. The topological polar surface area (TPSA) is 76.6 Å². The summed E-state index contributed by atoms with van der Waals surface area (Å²) < 4.78 is 0. The average molecular weight is 296 g/mol. The summed E-state index contributed by atoms with van der Waals surface area (Å²) in [5.41, 5.74) is 5.35. The summed E-state index contributed by atoms with van der Waals surface area (Å²) >= 11 is 0.